The second-order valence-corrected chi connectivity index (χ2v) is 6.99. The van der Waals surface area contributed by atoms with Gasteiger partial charge in [0.25, 0.3) is 0 Å². The third kappa shape index (κ3) is 2.92. The minimum atomic E-state index is 0.357. The van der Waals surface area contributed by atoms with Gasteiger partial charge in [0.1, 0.15) is 5.76 Å². The van der Waals surface area contributed by atoms with Gasteiger partial charge in [0.2, 0.25) is 10.6 Å². The Balaban J connectivity index is 1.46. The third-order valence-electron chi connectivity index (χ3n) is 3.82. The molecule has 0 saturated heterocycles. The largest absolute Gasteiger partial charge is 0.461 e. The van der Waals surface area contributed by atoms with Crippen LogP contribution in [0.1, 0.15) is 5.76 Å². The van der Waals surface area contributed by atoms with Gasteiger partial charge in [0.15, 0.2) is 16.5 Å². The molecule has 7 nitrogen and oxygen atoms in total. The van der Waals surface area contributed by atoms with Gasteiger partial charge in [-0.05, 0) is 48.6 Å². The summed E-state index contributed by atoms with van der Waals surface area (Å²) in [5.41, 5.74) is 0.955. The molecule has 4 heterocycles. The molecule has 0 unspecified atom stereocenters. The Hall–Kier alpha value is -3.30. The summed E-state index contributed by atoms with van der Waals surface area (Å²) in [6.45, 7) is 0. The van der Waals surface area contributed by atoms with Crippen molar-refractivity contribution in [2.45, 2.75) is 0 Å². The van der Waals surface area contributed by atoms with Crippen LogP contribution in [0.3, 0.4) is 0 Å². The predicted octanol–water partition coefficient (Wildman–Crippen LogP) is 4.95. The van der Waals surface area contributed by atoms with Crippen molar-refractivity contribution in [3.63, 3.8) is 0 Å². The molecule has 4 aromatic heterocycles. The maximum Gasteiger partial charge on any atom is 0.219 e. The molecule has 5 rings (SSSR count). The topological polar surface area (TPSA) is 85.1 Å². The van der Waals surface area contributed by atoms with Crippen LogP contribution in [0.25, 0.3) is 32.6 Å². The lowest BCUT2D eigenvalue weighted by molar-refractivity contribution is 0.569. The maximum atomic E-state index is 5.87. The number of furan rings is 2. The molecule has 27 heavy (non-hydrogen) atoms. The highest BCUT2D eigenvalue weighted by atomic mass is 32.1. The Kier molecular flexibility index (Phi) is 3.80. The number of hydrogen-bond acceptors (Lipinski definition) is 7. The molecular weight excluding hydrogens is 382 g/mol. The fourth-order valence-corrected chi connectivity index (χ4v) is 3.70. The van der Waals surface area contributed by atoms with E-state index in [1.165, 1.54) is 4.68 Å². The molecule has 0 amide bonds. The number of nitrogens with one attached hydrogen (secondary N) is 1. The monoisotopic (exact) mass is 393 g/mol. The smallest absolute Gasteiger partial charge is 0.219 e. The quantitative estimate of drug-likeness (QED) is 0.345. The highest BCUT2D eigenvalue weighted by Crippen LogP contribution is 2.30. The van der Waals surface area contributed by atoms with E-state index in [1.807, 2.05) is 36.4 Å². The van der Waals surface area contributed by atoms with Crippen LogP contribution < -0.4 is 0 Å². The normalized spacial score (nSPS) is 11.7. The van der Waals surface area contributed by atoms with Crippen LogP contribution in [-0.4, -0.2) is 26.1 Å². The van der Waals surface area contributed by atoms with Gasteiger partial charge < -0.3 is 8.83 Å². The SMILES string of the molecule is S=c1[nH]nc(-c2ccco2)n1/N=C\c1ccc(-c2nc3ccccc3s2)o1. The average Bonchev–Trinajstić information content (AvgIpc) is 3.45. The molecule has 1 aromatic carbocycles. The second kappa shape index (κ2) is 6.45. The summed E-state index contributed by atoms with van der Waals surface area (Å²) >= 11 is 6.82. The molecule has 132 valence electrons. The van der Waals surface area contributed by atoms with Crippen LogP contribution >= 0.6 is 23.6 Å². The molecule has 9 heteroatoms. The summed E-state index contributed by atoms with van der Waals surface area (Å²) in [5.74, 6) is 2.32. The number of H-pyrrole nitrogens is 1. The van der Waals surface area contributed by atoms with Gasteiger partial charge >= 0.3 is 0 Å². The first kappa shape index (κ1) is 15.9. The Morgan fingerprint density at radius 1 is 1.11 bits per heavy atom. The van der Waals surface area contributed by atoms with Crippen molar-refractivity contribution in [1.29, 1.82) is 0 Å². The number of aromatic nitrogens is 4. The minimum absolute atomic E-state index is 0.357. The molecule has 0 aliphatic rings. The van der Waals surface area contributed by atoms with E-state index in [9.17, 15) is 0 Å². The highest BCUT2D eigenvalue weighted by Gasteiger charge is 2.12. The van der Waals surface area contributed by atoms with Crippen molar-refractivity contribution >= 4 is 40.0 Å². The fraction of sp³-hybridized carbons (Fsp3) is 0. The molecule has 0 saturated carbocycles. The van der Waals surface area contributed by atoms with Crippen LogP contribution in [0.2, 0.25) is 0 Å². The van der Waals surface area contributed by atoms with Crippen LogP contribution in [0, 0.1) is 4.77 Å². The van der Waals surface area contributed by atoms with Crippen LogP contribution in [0.5, 0.6) is 0 Å². The lowest BCUT2D eigenvalue weighted by Gasteiger charge is -1.96. The molecule has 0 bridgehead atoms. The molecule has 0 atom stereocenters. The third-order valence-corrected chi connectivity index (χ3v) is 5.14. The summed E-state index contributed by atoms with van der Waals surface area (Å²) in [7, 11) is 0. The van der Waals surface area contributed by atoms with Crippen LogP contribution in [0.4, 0.5) is 0 Å². The number of para-hydroxylation sites is 1. The number of nitrogens with zero attached hydrogens (tertiary/aromatic N) is 4. The Bertz CT molecular complexity index is 1270. The Morgan fingerprint density at radius 3 is 2.89 bits per heavy atom. The van der Waals surface area contributed by atoms with Gasteiger partial charge in [-0.25, -0.2) is 10.1 Å². The maximum absolute atomic E-state index is 5.87. The van der Waals surface area contributed by atoms with Crippen molar-refractivity contribution in [3.8, 4) is 22.4 Å². The van der Waals surface area contributed by atoms with E-state index < -0.39 is 0 Å². The minimum Gasteiger partial charge on any atom is -0.461 e. The first-order chi connectivity index (χ1) is 13.3. The summed E-state index contributed by atoms with van der Waals surface area (Å²) in [6.07, 6.45) is 3.15. The van der Waals surface area contributed by atoms with Gasteiger partial charge in [-0.1, -0.05) is 12.1 Å². The Morgan fingerprint density at radius 2 is 2.04 bits per heavy atom. The number of benzene rings is 1. The molecule has 5 aromatic rings. The van der Waals surface area contributed by atoms with E-state index in [1.54, 1.807) is 35.9 Å². The summed E-state index contributed by atoms with van der Waals surface area (Å²) in [6, 6.07) is 15.3. The van der Waals surface area contributed by atoms with Gasteiger partial charge in [-0.3, -0.25) is 0 Å². The zero-order valence-electron chi connectivity index (χ0n) is 13.7. The molecule has 0 spiro atoms. The summed E-state index contributed by atoms with van der Waals surface area (Å²) in [4.78, 5) is 4.60. The summed E-state index contributed by atoms with van der Waals surface area (Å²) in [5, 5.41) is 12.0. The zero-order valence-corrected chi connectivity index (χ0v) is 15.3. The lowest BCUT2D eigenvalue weighted by Crippen LogP contribution is -1.93. The lowest BCUT2D eigenvalue weighted by atomic mass is 10.3. The van der Waals surface area contributed by atoms with Gasteiger partial charge in [0, 0.05) is 0 Å². The number of rotatable bonds is 4. The van der Waals surface area contributed by atoms with Crippen molar-refractivity contribution in [2.24, 2.45) is 5.10 Å². The summed E-state index contributed by atoms with van der Waals surface area (Å²) < 4.78 is 14.2. The molecule has 1 N–H and O–H groups in total. The average molecular weight is 393 g/mol. The molecule has 0 radical (unpaired) electrons. The van der Waals surface area contributed by atoms with Gasteiger partial charge in [0.05, 0.1) is 22.7 Å². The standard InChI is InChI=1S/C18H11N5O2S2/c26-18-22-21-16(13-5-3-9-24-13)23(18)19-10-11-7-8-14(25-11)17-20-12-4-1-2-6-15(12)27-17/h1-10H,(H,22,26)/b19-10-. The van der Waals surface area contributed by atoms with Crippen molar-refractivity contribution in [1.82, 2.24) is 19.9 Å². The van der Waals surface area contributed by atoms with E-state index in [2.05, 4.69) is 20.3 Å². The zero-order chi connectivity index (χ0) is 18.2. The van der Waals surface area contributed by atoms with Crippen molar-refractivity contribution in [3.05, 3.63) is 65.3 Å². The number of fused-ring (bicyclic) bond motifs is 1. The fourth-order valence-electron chi connectivity index (χ4n) is 2.59. The van der Waals surface area contributed by atoms with Crippen molar-refractivity contribution in [2.75, 3.05) is 0 Å². The van der Waals surface area contributed by atoms with Crippen LogP contribution in [0.15, 0.2) is 68.7 Å². The van der Waals surface area contributed by atoms with E-state index in [0.717, 1.165) is 15.2 Å². The molecule has 0 aliphatic carbocycles. The van der Waals surface area contributed by atoms with E-state index in [0.29, 0.717) is 27.9 Å². The highest BCUT2D eigenvalue weighted by molar-refractivity contribution is 7.71. The predicted molar refractivity (Wildman–Crippen MR) is 105 cm³/mol. The Labute approximate surface area is 161 Å². The molecule has 0 aliphatic heterocycles. The van der Waals surface area contributed by atoms with Crippen molar-refractivity contribution < 1.29 is 8.83 Å². The first-order valence-electron chi connectivity index (χ1n) is 7.99. The molecular formula is C18H11N5O2S2. The van der Waals surface area contributed by atoms with E-state index >= 15 is 0 Å². The van der Waals surface area contributed by atoms with Gasteiger partial charge in [-0.2, -0.15) is 9.78 Å². The van der Waals surface area contributed by atoms with E-state index in [4.69, 9.17) is 21.1 Å². The van der Waals surface area contributed by atoms with Gasteiger partial charge in [-0.15, -0.1) is 16.4 Å². The number of hydrogen-bond donors (Lipinski definition) is 1. The second-order valence-electron chi connectivity index (χ2n) is 5.57. The number of aromatic amines is 1. The molecule has 0 fully saturated rings. The number of thiazole rings is 1. The van der Waals surface area contributed by atoms with Crippen LogP contribution in [-0.2, 0) is 0 Å². The first-order valence-corrected chi connectivity index (χ1v) is 9.22. The van der Waals surface area contributed by atoms with E-state index in [-0.39, 0.29) is 0 Å².